The third-order valence-corrected chi connectivity index (χ3v) is 5.50. The summed E-state index contributed by atoms with van der Waals surface area (Å²) in [5.74, 6) is 7.65. The maximum Gasteiger partial charge on any atom is 0.167 e. The molecule has 0 saturated heterocycles. The molecule has 0 aromatic heterocycles. The van der Waals surface area contributed by atoms with Gasteiger partial charge in [0.2, 0.25) is 0 Å². The standard InChI is InChI=1S/C26H29NO3/c1-7-9-12-27(21-15-24(29-5)26(18(4)28)25(16-21)30-6)23-11-10-20(13-17(23)3)22-14-19(22)8-2/h10-11,13-16,19H,8,12H2,1-6H3. The number of allylic oxidation sites excluding steroid dienone is 2. The molecule has 4 heteroatoms. The molecule has 1 aliphatic carbocycles. The van der Waals surface area contributed by atoms with Crippen LogP contribution in [-0.2, 0) is 0 Å². The van der Waals surface area contributed by atoms with Gasteiger partial charge in [-0.1, -0.05) is 25.0 Å². The van der Waals surface area contributed by atoms with E-state index in [0.717, 1.165) is 17.8 Å². The average Bonchev–Trinajstić information content (AvgIpc) is 3.53. The normalized spacial score (nSPS) is 14.3. The van der Waals surface area contributed by atoms with E-state index < -0.39 is 0 Å². The van der Waals surface area contributed by atoms with E-state index in [1.54, 1.807) is 14.2 Å². The largest absolute Gasteiger partial charge is 0.496 e. The lowest BCUT2D eigenvalue weighted by atomic mass is 10.0. The summed E-state index contributed by atoms with van der Waals surface area (Å²) in [6.45, 7) is 8.19. The first-order valence-electron chi connectivity index (χ1n) is 10.2. The molecule has 0 amide bonds. The summed E-state index contributed by atoms with van der Waals surface area (Å²) in [6.07, 6.45) is 3.47. The van der Waals surface area contributed by atoms with E-state index in [4.69, 9.17) is 9.47 Å². The van der Waals surface area contributed by atoms with Crippen molar-refractivity contribution in [3.8, 4) is 23.3 Å². The molecule has 2 aromatic rings. The maximum atomic E-state index is 12.1. The highest BCUT2D eigenvalue weighted by atomic mass is 16.5. The van der Waals surface area contributed by atoms with E-state index in [0.29, 0.717) is 29.5 Å². The monoisotopic (exact) mass is 403 g/mol. The molecule has 0 fully saturated rings. The molecular formula is C26H29NO3. The van der Waals surface area contributed by atoms with Crippen LogP contribution in [-0.4, -0.2) is 26.5 Å². The minimum atomic E-state index is -0.0983. The van der Waals surface area contributed by atoms with Crippen molar-refractivity contribution in [1.82, 2.24) is 0 Å². The Morgan fingerprint density at radius 3 is 2.27 bits per heavy atom. The fourth-order valence-corrected chi connectivity index (χ4v) is 3.83. The topological polar surface area (TPSA) is 38.8 Å². The van der Waals surface area contributed by atoms with Gasteiger partial charge in [-0.2, -0.15) is 0 Å². The third-order valence-electron chi connectivity index (χ3n) is 5.50. The number of ether oxygens (including phenoxy) is 2. The van der Waals surface area contributed by atoms with Gasteiger partial charge in [-0.05, 0) is 56.0 Å². The maximum absolute atomic E-state index is 12.1. The van der Waals surface area contributed by atoms with Crippen LogP contribution in [0, 0.1) is 24.7 Å². The lowest BCUT2D eigenvalue weighted by Crippen LogP contribution is -2.19. The number of hydrogen-bond donors (Lipinski definition) is 0. The van der Waals surface area contributed by atoms with Crippen molar-refractivity contribution in [1.29, 1.82) is 0 Å². The zero-order valence-corrected chi connectivity index (χ0v) is 18.6. The van der Waals surface area contributed by atoms with Gasteiger partial charge in [-0.3, -0.25) is 4.79 Å². The zero-order chi connectivity index (χ0) is 21.8. The molecule has 1 aliphatic rings. The summed E-state index contributed by atoms with van der Waals surface area (Å²) in [5.41, 5.74) is 6.26. The van der Waals surface area contributed by atoms with Crippen molar-refractivity contribution in [2.75, 3.05) is 25.7 Å². The Hall–Kier alpha value is -3.19. The number of benzene rings is 2. The van der Waals surface area contributed by atoms with Gasteiger partial charge in [0, 0.05) is 29.4 Å². The first-order chi connectivity index (χ1) is 14.4. The number of nitrogens with zero attached hydrogens (tertiary/aromatic N) is 1. The van der Waals surface area contributed by atoms with Gasteiger partial charge in [0.15, 0.2) is 5.78 Å². The van der Waals surface area contributed by atoms with Crippen molar-refractivity contribution in [2.24, 2.45) is 5.92 Å². The second-order valence-electron chi connectivity index (χ2n) is 7.43. The smallest absolute Gasteiger partial charge is 0.167 e. The van der Waals surface area contributed by atoms with Crippen molar-refractivity contribution >= 4 is 22.7 Å². The van der Waals surface area contributed by atoms with Crippen LogP contribution in [0.5, 0.6) is 11.5 Å². The van der Waals surface area contributed by atoms with Crippen LogP contribution < -0.4 is 14.4 Å². The molecule has 0 spiro atoms. The van der Waals surface area contributed by atoms with Gasteiger partial charge >= 0.3 is 0 Å². The van der Waals surface area contributed by atoms with Crippen LogP contribution in [0.25, 0.3) is 5.57 Å². The first-order valence-corrected chi connectivity index (χ1v) is 10.2. The molecule has 0 aliphatic heterocycles. The predicted molar refractivity (Wildman–Crippen MR) is 123 cm³/mol. The number of rotatable bonds is 8. The second kappa shape index (κ2) is 9.09. The number of methoxy groups -OCH3 is 2. The highest BCUT2D eigenvalue weighted by molar-refractivity contribution is 6.00. The van der Waals surface area contributed by atoms with Gasteiger partial charge in [-0.25, -0.2) is 0 Å². The van der Waals surface area contributed by atoms with E-state index in [1.165, 1.54) is 23.6 Å². The Morgan fingerprint density at radius 2 is 1.80 bits per heavy atom. The van der Waals surface area contributed by atoms with Crippen molar-refractivity contribution in [2.45, 2.75) is 34.1 Å². The Morgan fingerprint density at radius 1 is 1.13 bits per heavy atom. The Kier molecular flexibility index (Phi) is 6.52. The fraction of sp³-hybridized carbons (Fsp3) is 0.346. The summed E-state index contributed by atoms with van der Waals surface area (Å²) in [7, 11) is 3.13. The number of ketones is 1. The van der Waals surface area contributed by atoms with Gasteiger partial charge in [0.1, 0.15) is 17.1 Å². The second-order valence-corrected chi connectivity index (χ2v) is 7.43. The van der Waals surface area contributed by atoms with Gasteiger partial charge in [0.25, 0.3) is 0 Å². The molecule has 2 aromatic carbocycles. The number of Topliss-reactive ketones (excluding diaryl/α,β-unsaturated/α-hetero) is 1. The minimum Gasteiger partial charge on any atom is -0.496 e. The molecule has 0 heterocycles. The predicted octanol–water partition coefficient (Wildman–Crippen LogP) is 5.80. The summed E-state index contributed by atoms with van der Waals surface area (Å²) in [4.78, 5) is 14.3. The molecular weight excluding hydrogens is 374 g/mol. The van der Waals surface area contributed by atoms with Gasteiger partial charge < -0.3 is 14.4 Å². The first kappa shape index (κ1) is 21.5. The summed E-state index contributed by atoms with van der Waals surface area (Å²) in [5, 5.41) is 0. The van der Waals surface area contributed by atoms with Crippen molar-refractivity contribution < 1.29 is 14.3 Å². The van der Waals surface area contributed by atoms with Crippen LogP contribution in [0.4, 0.5) is 11.4 Å². The van der Waals surface area contributed by atoms with Crippen LogP contribution in [0.15, 0.2) is 36.4 Å². The third kappa shape index (κ3) is 4.21. The lowest BCUT2D eigenvalue weighted by Gasteiger charge is -2.26. The van der Waals surface area contributed by atoms with E-state index in [9.17, 15) is 4.79 Å². The molecule has 1 atom stereocenters. The quantitative estimate of drug-likeness (QED) is 0.412. The summed E-state index contributed by atoms with van der Waals surface area (Å²) < 4.78 is 11.0. The number of hydrogen-bond acceptors (Lipinski definition) is 4. The van der Waals surface area contributed by atoms with Crippen LogP contribution in [0.3, 0.4) is 0 Å². The molecule has 0 radical (unpaired) electrons. The van der Waals surface area contributed by atoms with E-state index in [1.807, 2.05) is 19.1 Å². The van der Waals surface area contributed by atoms with Gasteiger partial charge in [-0.15, -0.1) is 5.92 Å². The van der Waals surface area contributed by atoms with Crippen LogP contribution in [0.1, 0.15) is 48.7 Å². The zero-order valence-electron chi connectivity index (χ0n) is 18.6. The molecule has 1 unspecified atom stereocenters. The summed E-state index contributed by atoms with van der Waals surface area (Å²) in [6, 6.07) is 10.3. The lowest BCUT2D eigenvalue weighted by molar-refractivity contribution is 0.101. The molecule has 30 heavy (non-hydrogen) atoms. The highest BCUT2D eigenvalue weighted by Crippen LogP contribution is 2.43. The van der Waals surface area contributed by atoms with E-state index in [2.05, 4.69) is 54.9 Å². The molecule has 3 rings (SSSR count). The Balaban J connectivity index is 2.08. The number of carbonyl (C=O) groups excluding carboxylic acids is 1. The van der Waals surface area contributed by atoms with E-state index >= 15 is 0 Å². The number of anilines is 2. The highest BCUT2D eigenvalue weighted by Gasteiger charge is 2.25. The molecule has 0 saturated carbocycles. The molecule has 156 valence electrons. The Bertz CT molecular complexity index is 1030. The molecule has 0 N–H and O–H groups in total. The molecule has 0 bridgehead atoms. The van der Waals surface area contributed by atoms with E-state index in [-0.39, 0.29) is 5.78 Å². The van der Waals surface area contributed by atoms with Crippen molar-refractivity contribution in [3.63, 3.8) is 0 Å². The molecule has 4 nitrogen and oxygen atoms in total. The summed E-state index contributed by atoms with van der Waals surface area (Å²) >= 11 is 0. The Labute approximate surface area is 179 Å². The SMILES string of the molecule is CC#CCN(c1cc(OC)c(C(C)=O)c(OC)c1)c1ccc(C2=CC2CC)cc1C. The van der Waals surface area contributed by atoms with Crippen LogP contribution >= 0.6 is 0 Å². The minimum absolute atomic E-state index is 0.0983. The fourth-order valence-electron chi connectivity index (χ4n) is 3.83. The average molecular weight is 404 g/mol. The van der Waals surface area contributed by atoms with Crippen molar-refractivity contribution in [3.05, 3.63) is 53.1 Å². The van der Waals surface area contributed by atoms with Crippen LogP contribution in [0.2, 0.25) is 0 Å². The number of carbonyl (C=O) groups is 1. The van der Waals surface area contributed by atoms with Gasteiger partial charge in [0.05, 0.1) is 20.8 Å². The number of aryl methyl sites for hydroxylation is 1.